The molecule has 3 aliphatic rings. The Hall–Kier alpha value is -8.02. The van der Waals surface area contributed by atoms with E-state index in [1.165, 1.54) is 50.1 Å². The van der Waals surface area contributed by atoms with E-state index in [1.54, 1.807) is 0 Å². The fraction of sp³-hybridized carbons (Fsp3) is 0.0566. The maximum Gasteiger partial charge on any atom is 0.0991 e. The number of nitriles is 4. The molecule has 262 valence electrons. The maximum atomic E-state index is 9.58. The second-order valence-corrected chi connectivity index (χ2v) is 14.9. The van der Waals surface area contributed by atoms with Gasteiger partial charge in [0.1, 0.15) is 0 Å². The summed E-state index contributed by atoms with van der Waals surface area (Å²) in [4.78, 5) is 0. The van der Waals surface area contributed by atoms with Gasteiger partial charge in [-0.05, 0) is 151 Å². The van der Waals surface area contributed by atoms with Crippen molar-refractivity contribution in [2.45, 2.75) is 17.8 Å². The van der Waals surface area contributed by atoms with Crippen molar-refractivity contribution in [3.63, 3.8) is 0 Å². The summed E-state index contributed by atoms with van der Waals surface area (Å²) in [6.07, 6.45) is 6.87. The van der Waals surface area contributed by atoms with E-state index in [-0.39, 0.29) is 5.92 Å². The highest BCUT2D eigenvalue weighted by Gasteiger charge is 2.52. The Balaban J connectivity index is 1.28. The molecule has 1 spiro atoms. The minimum atomic E-state index is -0.703. The summed E-state index contributed by atoms with van der Waals surface area (Å²) in [6.45, 7) is 0. The predicted octanol–water partition coefficient (Wildman–Crippen LogP) is 12.1. The molecule has 0 heterocycles. The van der Waals surface area contributed by atoms with E-state index >= 15 is 0 Å². The molecule has 0 amide bonds. The molecule has 4 heteroatoms. The summed E-state index contributed by atoms with van der Waals surface area (Å²) in [5.74, 6) is 0.123. The molecule has 0 radical (unpaired) electrons. The van der Waals surface area contributed by atoms with Crippen molar-refractivity contribution < 1.29 is 0 Å². The van der Waals surface area contributed by atoms with Crippen LogP contribution in [0.4, 0.5) is 0 Å². The summed E-state index contributed by atoms with van der Waals surface area (Å²) < 4.78 is 0. The molecular weight excluding hydrogens is 693 g/mol. The first-order chi connectivity index (χ1) is 28.0. The standard InChI is InChI=1S/C53H30N4/c54-29-33-1-9-37(10-2-33)41-17-21-45-46-22-18-42(38-11-3-34(30-55)4-12-38)26-50(46)53(49(45)25-41)51-27-43(39-13-5-35(31-56)6-14-39)19-23-47(51)48-24-20-44(28-52(48)53)40-15-7-36(32-57)8-16-40/h1-15,17-28,40H,16H2. The Morgan fingerprint density at radius 3 is 1.12 bits per heavy atom. The summed E-state index contributed by atoms with van der Waals surface area (Å²) >= 11 is 0. The number of fused-ring (bicyclic) bond motifs is 10. The average molecular weight is 723 g/mol. The van der Waals surface area contributed by atoms with Crippen molar-refractivity contribution in [2.75, 3.05) is 0 Å². The van der Waals surface area contributed by atoms with Gasteiger partial charge >= 0.3 is 0 Å². The molecule has 1 unspecified atom stereocenters. The van der Waals surface area contributed by atoms with Crippen LogP contribution < -0.4 is 0 Å². The average Bonchev–Trinajstić information content (AvgIpc) is 3.74. The van der Waals surface area contributed by atoms with Gasteiger partial charge in [0.05, 0.1) is 46.4 Å². The number of allylic oxidation sites excluding steroid dienone is 4. The summed E-state index contributed by atoms with van der Waals surface area (Å²) in [5.41, 5.74) is 18.8. The zero-order valence-electron chi connectivity index (χ0n) is 30.7. The first kappa shape index (κ1) is 33.5. The summed E-state index contributed by atoms with van der Waals surface area (Å²) in [5, 5.41) is 38.2. The second-order valence-electron chi connectivity index (χ2n) is 14.9. The minimum absolute atomic E-state index is 0.123. The van der Waals surface area contributed by atoms with Gasteiger partial charge in [-0.1, -0.05) is 103 Å². The van der Waals surface area contributed by atoms with Crippen molar-refractivity contribution >= 4 is 0 Å². The molecule has 10 rings (SSSR count). The maximum absolute atomic E-state index is 9.58. The van der Waals surface area contributed by atoms with Crippen LogP contribution in [0.25, 0.3) is 55.6 Å². The van der Waals surface area contributed by atoms with Crippen molar-refractivity contribution in [1.29, 1.82) is 21.0 Å². The Morgan fingerprint density at radius 1 is 0.404 bits per heavy atom. The van der Waals surface area contributed by atoms with E-state index in [4.69, 9.17) is 0 Å². The predicted molar refractivity (Wildman–Crippen MR) is 223 cm³/mol. The van der Waals surface area contributed by atoms with Crippen LogP contribution >= 0.6 is 0 Å². The highest BCUT2D eigenvalue weighted by atomic mass is 14.5. The molecule has 0 fully saturated rings. The van der Waals surface area contributed by atoms with Gasteiger partial charge in [0, 0.05) is 11.5 Å². The monoisotopic (exact) mass is 722 g/mol. The number of rotatable bonds is 4. The van der Waals surface area contributed by atoms with Crippen molar-refractivity contribution in [2.24, 2.45) is 0 Å². The van der Waals surface area contributed by atoms with Crippen LogP contribution in [-0.4, -0.2) is 0 Å². The Kier molecular flexibility index (Phi) is 7.70. The molecule has 57 heavy (non-hydrogen) atoms. The van der Waals surface area contributed by atoms with Gasteiger partial charge in [-0.25, -0.2) is 0 Å². The van der Waals surface area contributed by atoms with Gasteiger partial charge in [0.2, 0.25) is 0 Å². The second kappa shape index (κ2) is 13.1. The van der Waals surface area contributed by atoms with Crippen LogP contribution in [0, 0.1) is 45.3 Å². The zero-order valence-corrected chi connectivity index (χ0v) is 30.7. The summed E-state index contributed by atoms with van der Waals surface area (Å²) in [7, 11) is 0. The molecule has 0 aromatic heterocycles. The minimum Gasteiger partial charge on any atom is -0.192 e. The van der Waals surface area contributed by atoms with Crippen molar-refractivity contribution in [3.8, 4) is 79.9 Å². The highest BCUT2D eigenvalue weighted by Crippen LogP contribution is 2.64. The lowest BCUT2D eigenvalue weighted by molar-refractivity contribution is 0.784. The smallest absolute Gasteiger partial charge is 0.0991 e. The third-order valence-electron chi connectivity index (χ3n) is 12.0. The Labute approximate surface area is 331 Å². The third kappa shape index (κ3) is 5.18. The van der Waals surface area contributed by atoms with Gasteiger partial charge in [-0.15, -0.1) is 0 Å². The van der Waals surface area contributed by atoms with Gasteiger partial charge in [-0.2, -0.15) is 21.0 Å². The topological polar surface area (TPSA) is 95.2 Å². The van der Waals surface area contributed by atoms with Crippen molar-refractivity contribution in [1.82, 2.24) is 0 Å². The quantitative estimate of drug-likeness (QED) is 0.181. The van der Waals surface area contributed by atoms with E-state index in [1.807, 2.05) is 84.9 Å². The van der Waals surface area contributed by atoms with Crippen LogP contribution in [0.2, 0.25) is 0 Å². The van der Waals surface area contributed by atoms with Crippen LogP contribution in [0.3, 0.4) is 0 Å². The van der Waals surface area contributed by atoms with Gasteiger partial charge in [-0.3, -0.25) is 0 Å². The molecule has 0 saturated heterocycles. The molecule has 7 aromatic carbocycles. The zero-order chi connectivity index (χ0) is 38.7. The number of hydrogen-bond acceptors (Lipinski definition) is 4. The molecule has 3 aliphatic carbocycles. The van der Waals surface area contributed by atoms with Crippen LogP contribution in [0.5, 0.6) is 0 Å². The number of hydrogen-bond donors (Lipinski definition) is 0. The molecule has 0 saturated carbocycles. The lowest BCUT2D eigenvalue weighted by Gasteiger charge is -2.32. The SMILES string of the molecule is N#CC1=CCC(c2ccc3c(c2)C2(c4cc(-c5ccc(C#N)cc5)ccc4-c4ccc(-c5ccc(C#N)cc5)cc42)c2cc(-c4ccc(C#N)cc4)ccc2-3)C=C1. The van der Waals surface area contributed by atoms with Crippen molar-refractivity contribution in [3.05, 3.63) is 214 Å². The Morgan fingerprint density at radius 2 is 0.772 bits per heavy atom. The molecule has 0 aliphatic heterocycles. The fourth-order valence-corrected chi connectivity index (χ4v) is 9.18. The van der Waals surface area contributed by atoms with E-state index in [0.29, 0.717) is 22.3 Å². The number of nitrogens with zero attached hydrogens (tertiary/aromatic N) is 4. The molecule has 1 atom stereocenters. The van der Waals surface area contributed by atoms with E-state index in [0.717, 1.165) is 39.8 Å². The largest absolute Gasteiger partial charge is 0.192 e. The molecule has 4 nitrogen and oxygen atoms in total. The Bertz CT molecular complexity index is 2860. The van der Waals surface area contributed by atoms with E-state index in [9.17, 15) is 21.0 Å². The molecular formula is C53H30N4. The van der Waals surface area contributed by atoms with E-state index in [2.05, 4.69) is 103 Å². The number of benzene rings is 7. The summed E-state index contributed by atoms with van der Waals surface area (Å²) in [6, 6.07) is 59.7. The first-order valence-electron chi connectivity index (χ1n) is 18.9. The van der Waals surface area contributed by atoms with Gasteiger partial charge in [0.25, 0.3) is 0 Å². The van der Waals surface area contributed by atoms with Gasteiger partial charge < -0.3 is 0 Å². The normalized spacial score (nSPS) is 14.9. The fourth-order valence-electron chi connectivity index (χ4n) is 9.18. The van der Waals surface area contributed by atoms with Crippen LogP contribution in [-0.2, 0) is 5.41 Å². The first-order valence-corrected chi connectivity index (χ1v) is 18.9. The molecule has 0 bridgehead atoms. The van der Waals surface area contributed by atoms with Crippen LogP contribution in [0.15, 0.2) is 169 Å². The van der Waals surface area contributed by atoms with Gasteiger partial charge in [0.15, 0.2) is 0 Å². The highest BCUT2D eigenvalue weighted by molar-refractivity contribution is 5.98. The lowest BCUT2D eigenvalue weighted by Crippen LogP contribution is -2.26. The molecule has 0 N–H and O–H groups in total. The molecule has 7 aromatic rings. The van der Waals surface area contributed by atoms with Crippen LogP contribution in [0.1, 0.15) is 56.8 Å². The van der Waals surface area contributed by atoms with E-state index < -0.39 is 5.41 Å². The lowest BCUT2D eigenvalue weighted by atomic mass is 9.69. The third-order valence-corrected chi connectivity index (χ3v) is 12.0.